The second kappa shape index (κ2) is 11.1. The summed E-state index contributed by atoms with van der Waals surface area (Å²) >= 11 is 0. The lowest BCUT2D eigenvalue weighted by Gasteiger charge is -2.08. The molecule has 0 amide bonds. The molecule has 0 heteroatoms. The molecule has 0 aromatic rings. The van der Waals surface area contributed by atoms with E-state index in [0.29, 0.717) is 0 Å². The molecule has 0 saturated carbocycles. The van der Waals surface area contributed by atoms with Crippen LogP contribution in [-0.4, -0.2) is 0 Å². The highest BCUT2D eigenvalue weighted by Gasteiger charge is 1.99. The maximum Gasteiger partial charge on any atom is -0.0443 e. The van der Waals surface area contributed by atoms with E-state index in [9.17, 15) is 0 Å². The molecule has 14 heavy (non-hydrogen) atoms. The first kappa shape index (κ1) is 14.0. The molecule has 0 aromatic heterocycles. The molecule has 0 spiro atoms. The highest BCUT2D eigenvalue weighted by Crippen LogP contribution is 2.15. The van der Waals surface area contributed by atoms with Gasteiger partial charge < -0.3 is 0 Å². The minimum atomic E-state index is 0.968. The molecule has 0 aliphatic rings. The lowest BCUT2D eigenvalue weighted by atomic mass is 9.98. The Bertz CT molecular complexity index is 96.2. The number of hydrogen-bond acceptors (Lipinski definition) is 0. The van der Waals surface area contributed by atoms with Crippen LogP contribution in [0.25, 0.3) is 0 Å². The van der Waals surface area contributed by atoms with Crippen LogP contribution in [0.15, 0.2) is 0 Å². The summed E-state index contributed by atoms with van der Waals surface area (Å²) in [7, 11) is 0. The summed E-state index contributed by atoms with van der Waals surface area (Å²) in [6.07, 6.45) is 14.4. The zero-order valence-electron chi connectivity index (χ0n) is 10.6. The van der Waals surface area contributed by atoms with Gasteiger partial charge in [0, 0.05) is 0 Å². The van der Waals surface area contributed by atoms with Gasteiger partial charge in [0.1, 0.15) is 0 Å². The first-order valence-corrected chi connectivity index (χ1v) is 6.81. The van der Waals surface area contributed by atoms with Crippen LogP contribution < -0.4 is 0 Å². The molecular weight excluding hydrogens is 168 g/mol. The van der Waals surface area contributed by atoms with Crippen LogP contribution in [0.4, 0.5) is 0 Å². The average molecular weight is 198 g/mol. The summed E-state index contributed by atoms with van der Waals surface area (Å²) in [6, 6.07) is 0. The Hall–Kier alpha value is 0. The van der Waals surface area contributed by atoms with Crippen LogP contribution in [0.5, 0.6) is 0 Å². The van der Waals surface area contributed by atoms with Gasteiger partial charge >= 0.3 is 0 Å². The predicted molar refractivity (Wildman–Crippen MR) is 66.7 cm³/mol. The molecule has 0 radical (unpaired) electrons. The molecule has 0 N–H and O–H groups in total. The summed E-state index contributed by atoms with van der Waals surface area (Å²) in [6.45, 7) is 6.98. The maximum atomic E-state index is 2.40. The first-order chi connectivity index (χ1) is 6.81. The SMILES string of the molecule is CCCCCCCCCC(C)CCC. The Labute approximate surface area is 91.5 Å². The molecule has 0 aliphatic heterocycles. The number of unbranched alkanes of at least 4 members (excludes halogenated alkanes) is 6. The van der Waals surface area contributed by atoms with Crippen molar-refractivity contribution >= 4 is 0 Å². The van der Waals surface area contributed by atoms with Crippen molar-refractivity contribution in [1.82, 2.24) is 0 Å². The molecule has 0 aliphatic carbocycles. The number of rotatable bonds is 10. The van der Waals surface area contributed by atoms with E-state index in [0.717, 1.165) is 5.92 Å². The van der Waals surface area contributed by atoms with Crippen LogP contribution in [0.3, 0.4) is 0 Å². The van der Waals surface area contributed by atoms with Gasteiger partial charge in [0.05, 0.1) is 0 Å². The van der Waals surface area contributed by atoms with Crippen molar-refractivity contribution in [2.24, 2.45) is 5.92 Å². The minimum absolute atomic E-state index is 0.968. The van der Waals surface area contributed by atoms with Crippen LogP contribution in [0, 0.1) is 5.92 Å². The molecular formula is C14H30. The van der Waals surface area contributed by atoms with Crippen molar-refractivity contribution in [1.29, 1.82) is 0 Å². The first-order valence-electron chi connectivity index (χ1n) is 6.81. The molecule has 1 unspecified atom stereocenters. The Morgan fingerprint density at radius 1 is 0.643 bits per heavy atom. The van der Waals surface area contributed by atoms with E-state index in [1.807, 2.05) is 0 Å². The van der Waals surface area contributed by atoms with Gasteiger partial charge in [-0.1, -0.05) is 85.0 Å². The van der Waals surface area contributed by atoms with Crippen molar-refractivity contribution in [3.63, 3.8) is 0 Å². The molecule has 0 nitrogen and oxygen atoms in total. The van der Waals surface area contributed by atoms with E-state index in [4.69, 9.17) is 0 Å². The fourth-order valence-electron chi connectivity index (χ4n) is 2.09. The van der Waals surface area contributed by atoms with Gasteiger partial charge in [-0.2, -0.15) is 0 Å². The summed E-state index contributed by atoms with van der Waals surface area (Å²) in [5.41, 5.74) is 0. The van der Waals surface area contributed by atoms with Crippen molar-refractivity contribution in [3.8, 4) is 0 Å². The standard InChI is InChI=1S/C14H30/c1-4-6-7-8-9-10-11-13-14(3)12-5-2/h14H,4-13H2,1-3H3. The van der Waals surface area contributed by atoms with Crippen LogP contribution in [0.2, 0.25) is 0 Å². The lowest BCUT2D eigenvalue weighted by Crippen LogP contribution is -1.93. The number of hydrogen-bond donors (Lipinski definition) is 0. The van der Waals surface area contributed by atoms with Gasteiger partial charge in [-0.25, -0.2) is 0 Å². The van der Waals surface area contributed by atoms with Gasteiger partial charge in [-0.3, -0.25) is 0 Å². The second-order valence-electron chi connectivity index (χ2n) is 4.80. The zero-order valence-corrected chi connectivity index (χ0v) is 10.6. The Kier molecular flexibility index (Phi) is 11.1. The van der Waals surface area contributed by atoms with Crippen molar-refractivity contribution < 1.29 is 0 Å². The third-order valence-corrected chi connectivity index (χ3v) is 3.08. The molecule has 0 fully saturated rings. The van der Waals surface area contributed by atoms with Gasteiger partial charge in [-0.05, 0) is 5.92 Å². The highest BCUT2D eigenvalue weighted by atomic mass is 14.1. The summed E-state index contributed by atoms with van der Waals surface area (Å²) in [4.78, 5) is 0. The molecule has 0 aromatic carbocycles. The predicted octanol–water partition coefficient (Wildman–Crippen LogP) is 5.56. The van der Waals surface area contributed by atoms with Crippen LogP contribution >= 0.6 is 0 Å². The van der Waals surface area contributed by atoms with E-state index in [2.05, 4.69) is 20.8 Å². The Morgan fingerprint density at radius 2 is 1.21 bits per heavy atom. The highest BCUT2D eigenvalue weighted by molar-refractivity contribution is 4.53. The van der Waals surface area contributed by atoms with Gasteiger partial charge in [0.2, 0.25) is 0 Å². The normalized spacial score (nSPS) is 13.1. The maximum absolute atomic E-state index is 2.40. The quantitative estimate of drug-likeness (QED) is 0.403. The Balaban J connectivity index is 2.98. The zero-order chi connectivity index (χ0) is 10.6. The Morgan fingerprint density at radius 3 is 1.79 bits per heavy atom. The van der Waals surface area contributed by atoms with E-state index in [1.54, 1.807) is 0 Å². The topological polar surface area (TPSA) is 0 Å². The third-order valence-electron chi connectivity index (χ3n) is 3.08. The van der Waals surface area contributed by atoms with Crippen LogP contribution in [-0.2, 0) is 0 Å². The summed E-state index contributed by atoms with van der Waals surface area (Å²) < 4.78 is 0. The van der Waals surface area contributed by atoms with E-state index < -0.39 is 0 Å². The second-order valence-corrected chi connectivity index (χ2v) is 4.80. The smallest absolute Gasteiger partial charge is 0.0443 e. The molecule has 0 saturated heterocycles. The van der Waals surface area contributed by atoms with Gasteiger partial charge in [0.25, 0.3) is 0 Å². The summed E-state index contributed by atoms with van der Waals surface area (Å²) in [5.74, 6) is 0.968. The van der Waals surface area contributed by atoms with Crippen molar-refractivity contribution in [3.05, 3.63) is 0 Å². The molecule has 0 heterocycles. The fourth-order valence-corrected chi connectivity index (χ4v) is 2.09. The molecule has 1 atom stereocenters. The van der Waals surface area contributed by atoms with Gasteiger partial charge in [0.15, 0.2) is 0 Å². The fraction of sp³-hybridized carbons (Fsp3) is 1.00. The van der Waals surface area contributed by atoms with E-state index in [-0.39, 0.29) is 0 Å². The van der Waals surface area contributed by atoms with Crippen molar-refractivity contribution in [2.45, 2.75) is 85.0 Å². The van der Waals surface area contributed by atoms with Gasteiger partial charge in [-0.15, -0.1) is 0 Å². The largest absolute Gasteiger partial charge is 0.0654 e. The molecule has 0 rings (SSSR count). The average Bonchev–Trinajstić information content (AvgIpc) is 2.17. The third kappa shape index (κ3) is 10.1. The minimum Gasteiger partial charge on any atom is -0.0654 e. The van der Waals surface area contributed by atoms with Crippen LogP contribution in [0.1, 0.15) is 85.0 Å². The summed E-state index contributed by atoms with van der Waals surface area (Å²) in [5, 5.41) is 0. The monoisotopic (exact) mass is 198 g/mol. The van der Waals surface area contributed by atoms with E-state index >= 15 is 0 Å². The van der Waals surface area contributed by atoms with Crippen molar-refractivity contribution in [2.75, 3.05) is 0 Å². The molecule has 0 bridgehead atoms. The molecule has 86 valence electrons. The van der Waals surface area contributed by atoms with E-state index in [1.165, 1.54) is 64.2 Å². The lowest BCUT2D eigenvalue weighted by molar-refractivity contribution is 0.451.